The van der Waals surface area contributed by atoms with E-state index in [9.17, 15) is 0 Å². The van der Waals surface area contributed by atoms with Crippen molar-refractivity contribution in [2.75, 3.05) is 0 Å². The Kier molecular flexibility index (Phi) is 3.68. The summed E-state index contributed by atoms with van der Waals surface area (Å²) in [6, 6.07) is 6.56. The summed E-state index contributed by atoms with van der Waals surface area (Å²) in [5.41, 5.74) is 2.13. The van der Waals surface area contributed by atoms with E-state index >= 15 is 0 Å². The zero-order chi connectivity index (χ0) is 13.4. The number of benzene rings is 1. The van der Waals surface area contributed by atoms with Crippen molar-refractivity contribution >= 4 is 34.9 Å². The van der Waals surface area contributed by atoms with E-state index in [0.29, 0.717) is 6.04 Å². The van der Waals surface area contributed by atoms with Gasteiger partial charge in [0.1, 0.15) is 0 Å². The van der Waals surface area contributed by atoms with E-state index in [0.717, 1.165) is 26.7 Å². The number of hydrogen-bond acceptors (Lipinski definition) is 1. The van der Waals surface area contributed by atoms with Crippen LogP contribution in [0.3, 0.4) is 0 Å². The molecule has 1 fully saturated rings. The lowest BCUT2D eigenvalue weighted by Crippen LogP contribution is -2.18. The molecule has 1 aliphatic carbocycles. The molecule has 2 nitrogen and oxygen atoms in total. The summed E-state index contributed by atoms with van der Waals surface area (Å²) in [4.78, 5) is 3.27. The summed E-state index contributed by atoms with van der Waals surface area (Å²) in [5, 5.41) is 0.755. The molecule has 2 atom stereocenters. The number of nitrogens with zero attached hydrogens (tertiary/aromatic N) is 1. The first-order valence-corrected chi connectivity index (χ1v) is 7.88. The molecule has 3 rings (SSSR count). The molecule has 1 saturated carbocycles. The number of aromatic amines is 1. The lowest BCUT2D eigenvalue weighted by Gasteiger charge is -2.29. The highest BCUT2D eigenvalue weighted by molar-refractivity contribution is 7.71. The molecule has 1 aromatic heterocycles. The van der Waals surface area contributed by atoms with E-state index in [1.807, 2.05) is 12.1 Å². The van der Waals surface area contributed by atoms with Crippen molar-refractivity contribution in [3.63, 3.8) is 0 Å². The van der Waals surface area contributed by atoms with Gasteiger partial charge in [0.25, 0.3) is 0 Å². The van der Waals surface area contributed by atoms with Crippen molar-refractivity contribution < 1.29 is 0 Å². The van der Waals surface area contributed by atoms with Gasteiger partial charge in [-0.3, -0.25) is 0 Å². The second kappa shape index (κ2) is 5.29. The number of rotatable bonds is 2. The quantitative estimate of drug-likeness (QED) is 0.726. The van der Waals surface area contributed by atoms with Crippen LogP contribution in [-0.4, -0.2) is 9.55 Å². The molecule has 2 unspecified atom stereocenters. The molecule has 0 bridgehead atoms. The molecule has 1 aromatic carbocycles. The van der Waals surface area contributed by atoms with Crippen molar-refractivity contribution in [2.24, 2.45) is 5.92 Å². The highest BCUT2D eigenvalue weighted by Gasteiger charge is 2.24. The fourth-order valence-electron chi connectivity index (χ4n) is 3.34. The molecule has 102 valence electrons. The highest BCUT2D eigenvalue weighted by Crippen LogP contribution is 2.36. The molecular weight excluding hydrogens is 276 g/mol. The third-order valence-electron chi connectivity index (χ3n) is 4.40. The molecular formula is C15H19ClN2S. The van der Waals surface area contributed by atoms with Crippen LogP contribution in [0, 0.1) is 10.7 Å². The Labute approximate surface area is 123 Å². The average molecular weight is 295 g/mol. The van der Waals surface area contributed by atoms with Crippen LogP contribution in [0.4, 0.5) is 0 Å². The maximum Gasteiger partial charge on any atom is 0.178 e. The van der Waals surface area contributed by atoms with Gasteiger partial charge in [-0.1, -0.05) is 43.9 Å². The van der Waals surface area contributed by atoms with Crippen molar-refractivity contribution in [1.29, 1.82) is 0 Å². The fraction of sp³-hybridized carbons (Fsp3) is 0.533. The van der Waals surface area contributed by atoms with E-state index in [1.165, 1.54) is 32.1 Å². The van der Waals surface area contributed by atoms with Crippen molar-refractivity contribution in [1.82, 2.24) is 9.55 Å². The van der Waals surface area contributed by atoms with E-state index in [1.54, 1.807) is 0 Å². The second-order valence-electron chi connectivity index (χ2n) is 5.53. The van der Waals surface area contributed by atoms with Gasteiger partial charge in [0.05, 0.1) is 16.1 Å². The van der Waals surface area contributed by atoms with Crippen molar-refractivity contribution in [3.05, 3.63) is 28.0 Å². The van der Waals surface area contributed by atoms with Crippen LogP contribution in [0.2, 0.25) is 5.02 Å². The van der Waals surface area contributed by atoms with Crippen molar-refractivity contribution in [3.8, 4) is 0 Å². The number of aromatic nitrogens is 2. The number of fused-ring (bicyclic) bond motifs is 1. The number of imidazole rings is 1. The van der Waals surface area contributed by atoms with E-state index in [4.69, 9.17) is 23.8 Å². The number of halogens is 1. The van der Waals surface area contributed by atoms with Gasteiger partial charge in [-0.05, 0) is 43.1 Å². The van der Waals surface area contributed by atoms with Gasteiger partial charge in [-0.25, -0.2) is 0 Å². The predicted molar refractivity (Wildman–Crippen MR) is 83.4 cm³/mol. The Morgan fingerprint density at radius 3 is 3.05 bits per heavy atom. The Hall–Kier alpha value is -0.800. The highest BCUT2D eigenvalue weighted by atomic mass is 35.5. The zero-order valence-electron chi connectivity index (χ0n) is 11.2. The fourth-order valence-corrected chi connectivity index (χ4v) is 3.91. The first-order chi connectivity index (χ1) is 9.20. The van der Waals surface area contributed by atoms with Gasteiger partial charge in [-0.15, -0.1) is 0 Å². The number of H-pyrrole nitrogens is 1. The first-order valence-electron chi connectivity index (χ1n) is 7.09. The van der Waals surface area contributed by atoms with Crippen LogP contribution in [0.1, 0.15) is 45.1 Å². The van der Waals surface area contributed by atoms with Crippen LogP contribution < -0.4 is 0 Å². The molecule has 0 saturated heterocycles. The summed E-state index contributed by atoms with van der Waals surface area (Å²) in [7, 11) is 0. The molecule has 0 radical (unpaired) electrons. The molecule has 19 heavy (non-hydrogen) atoms. The van der Waals surface area contributed by atoms with E-state index in [-0.39, 0.29) is 0 Å². The summed E-state index contributed by atoms with van der Waals surface area (Å²) in [5.74, 6) is 0.838. The minimum absolute atomic E-state index is 0.526. The van der Waals surface area contributed by atoms with Crippen LogP contribution >= 0.6 is 23.8 Å². The van der Waals surface area contributed by atoms with Crippen LogP contribution in [-0.2, 0) is 0 Å². The Morgan fingerprint density at radius 2 is 2.26 bits per heavy atom. The van der Waals surface area contributed by atoms with Crippen LogP contribution in [0.25, 0.3) is 11.0 Å². The first kappa shape index (κ1) is 13.2. The smallest absolute Gasteiger partial charge is 0.178 e. The van der Waals surface area contributed by atoms with Gasteiger partial charge >= 0.3 is 0 Å². The predicted octanol–water partition coefficient (Wildman–Crippen LogP) is 5.49. The van der Waals surface area contributed by atoms with Crippen LogP contribution in [0.5, 0.6) is 0 Å². The summed E-state index contributed by atoms with van der Waals surface area (Å²) in [6.45, 7) is 2.29. The Bertz CT molecular complexity index is 643. The van der Waals surface area contributed by atoms with Crippen LogP contribution in [0.15, 0.2) is 18.2 Å². The summed E-state index contributed by atoms with van der Waals surface area (Å²) < 4.78 is 3.10. The lowest BCUT2D eigenvalue weighted by atomic mass is 9.84. The number of hydrogen-bond donors (Lipinski definition) is 1. The maximum absolute atomic E-state index is 6.25. The molecule has 1 N–H and O–H groups in total. The minimum Gasteiger partial charge on any atom is -0.329 e. The summed E-state index contributed by atoms with van der Waals surface area (Å²) >= 11 is 11.8. The molecule has 0 aliphatic heterocycles. The second-order valence-corrected chi connectivity index (χ2v) is 6.32. The monoisotopic (exact) mass is 294 g/mol. The minimum atomic E-state index is 0.526. The van der Waals surface area contributed by atoms with E-state index in [2.05, 4.69) is 22.5 Å². The molecule has 0 spiro atoms. The van der Waals surface area contributed by atoms with E-state index < -0.39 is 0 Å². The standard InChI is InChI=1S/C15H19ClN2S/c1-2-10-5-3-6-11(9-10)18-13-8-4-7-12(16)14(13)17-15(18)19/h4,7-8,10-11H,2-3,5-6,9H2,1H3,(H,17,19). The SMILES string of the molecule is CCC1CCCC(n2c(=S)[nH]c3c(Cl)cccc32)C1. The summed E-state index contributed by atoms with van der Waals surface area (Å²) in [6.07, 6.45) is 6.41. The van der Waals surface area contributed by atoms with Crippen molar-refractivity contribution in [2.45, 2.75) is 45.1 Å². The van der Waals surface area contributed by atoms with Gasteiger partial charge in [0.15, 0.2) is 4.77 Å². The molecule has 1 heterocycles. The van der Waals surface area contributed by atoms with Gasteiger partial charge in [0.2, 0.25) is 0 Å². The normalized spacial score (nSPS) is 23.9. The van der Waals surface area contributed by atoms with Gasteiger partial charge in [0, 0.05) is 6.04 Å². The van der Waals surface area contributed by atoms with Gasteiger partial charge < -0.3 is 9.55 Å². The zero-order valence-corrected chi connectivity index (χ0v) is 12.7. The number of nitrogens with one attached hydrogen (secondary N) is 1. The van der Waals surface area contributed by atoms with Gasteiger partial charge in [-0.2, -0.15) is 0 Å². The molecule has 0 amide bonds. The molecule has 4 heteroatoms. The number of para-hydroxylation sites is 1. The molecule has 1 aliphatic rings. The topological polar surface area (TPSA) is 20.7 Å². The largest absolute Gasteiger partial charge is 0.329 e. The lowest BCUT2D eigenvalue weighted by molar-refractivity contribution is 0.264. The average Bonchev–Trinajstić information content (AvgIpc) is 2.77. The third-order valence-corrected chi connectivity index (χ3v) is 5.01. The third kappa shape index (κ3) is 2.34. The molecule has 2 aromatic rings. The Morgan fingerprint density at radius 1 is 1.42 bits per heavy atom. The maximum atomic E-state index is 6.25. The Balaban J connectivity index is 2.07.